The maximum Gasteiger partial charge on any atom is 0.337 e. The number of carbonyl (C=O) groups excluding carboxylic acids is 1. The third-order valence-electron chi connectivity index (χ3n) is 2.64. The minimum atomic E-state index is -1.41. The van der Waals surface area contributed by atoms with Crippen LogP contribution in [0.1, 0.15) is 16.8 Å². The second-order valence-corrected chi connectivity index (χ2v) is 5.19. The van der Waals surface area contributed by atoms with Crippen molar-refractivity contribution in [2.75, 3.05) is 11.4 Å². The summed E-state index contributed by atoms with van der Waals surface area (Å²) >= 11 is 3.23. The fourth-order valence-corrected chi connectivity index (χ4v) is 2.39. The number of carboxylic acid groups (broad SMARTS) is 1. The van der Waals surface area contributed by atoms with Crippen molar-refractivity contribution in [1.29, 1.82) is 0 Å². The van der Waals surface area contributed by atoms with E-state index >= 15 is 0 Å². The summed E-state index contributed by atoms with van der Waals surface area (Å²) in [7, 11) is 0. The molecule has 96 valence electrons. The minimum absolute atomic E-state index is 0.117. The van der Waals surface area contributed by atoms with E-state index in [-0.39, 0.29) is 29.4 Å². The van der Waals surface area contributed by atoms with Crippen LogP contribution >= 0.6 is 15.9 Å². The van der Waals surface area contributed by atoms with E-state index in [9.17, 15) is 18.4 Å². The molecule has 0 bridgehead atoms. The number of benzene rings is 1. The lowest BCUT2D eigenvalue weighted by molar-refractivity contribution is -0.117. The Morgan fingerprint density at radius 2 is 2.00 bits per heavy atom. The lowest BCUT2D eigenvalue weighted by Crippen LogP contribution is -2.27. The molecule has 0 saturated carbocycles. The number of alkyl halides is 1. The highest BCUT2D eigenvalue weighted by atomic mass is 79.9. The Kier molecular flexibility index (Phi) is 3.34. The summed E-state index contributed by atoms with van der Waals surface area (Å²) in [5, 5.41) is 8.95. The van der Waals surface area contributed by atoms with Gasteiger partial charge in [-0.25, -0.2) is 13.6 Å². The molecule has 0 spiro atoms. The van der Waals surface area contributed by atoms with Gasteiger partial charge in [0.1, 0.15) is 0 Å². The van der Waals surface area contributed by atoms with E-state index in [1.807, 2.05) is 0 Å². The van der Waals surface area contributed by atoms with Crippen molar-refractivity contribution in [3.63, 3.8) is 0 Å². The molecule has 1 heterocycles. The Morgan fingerprint density at radius 1 is 1.39 bits per heavy atom. The molecule has 0 aromatic heterocycles. The van der Waals surface area contributed by atoms with Crippen LogP contribution in [0, 0.1) is 11.6 Å². The van der Waals surface area contributed by atoms with E-state index in [0.717, 1.165) is 11.0 Å². The highest BCUT2D eigenvalue weighted by Crippen LogP contribution is 2.30. The van der Waals surface area contributed by atoms with Gasteiger partial charge in [-0.3, -0.25) is 4.79 Å². The van der Waals surface area contributed by atoms with E-state index in [0.29, 0.717) is 6.07 Å². The Hall–Kier alpha value is -1.50. The van der Waals surface area contributed by atoms with Gasteiger partial charge in [0, 0.05) is 23.9 Å². The summed E-state index contributed by atoms with van der Waals surface area (Å²) < 4.78 is 26.2. The number of nitrogens with zero attached hydrogens (tertiary/aromatic N) is 1. The normalized spacial score (nSPS) is 19.4. The van der Waals surface area contributed by atoms with E-state index in [1.165, 1.54) is 0 Å². The molecular weight excluding hydrogens is 312 g/mol. The first-order valence-electron chi connectivity index (χ1n) is 5.07. The van der Waals surface area contributed by atoms with Gasteiger partial charge < -0.3 is 10.0 Å². The summed E-state index contributed by atoms with van der Waals surface area (Å²) in [4.78, 5) is 23.7. The topological polar surface area (TPSA) is 57.6 Å². The third-order valence-corrected chi connectivity index (χ3v) is 3.25. The largest absolute Gasteiger partial charge is 0.478 e. The second kappa shape index (κ2) is 4.64. The molecule has 0 aliphatic carbocycles. The molecule has 1 aliphatic rings. The molecule has 4 nitrogen and oxygen atoms in total. The van der Waals surface area contributed by atoms with E-state index in [1.54, 1.807) is 0 Å². The van der Waals surface area contributed by atoms with E-state index in [2.05, 4.69) is 15.9 Å². The average molecular weight is 320 g/mol. The molecule has 0 radical (unpaired) electrons. The summed E-state index contributed by atoms with van der Waals surface area (Å²) in [6.07, 6.45) is 0.193. The zero-order valence-electron chi connectivity index (χ0n) is 8.99. The number of amides is 1. The number of aromatic carboxylic acids is 1. The molecule has 1 fully saturated rings. The van der Waals surface area contributed by atoms with Crippen molar-refractivity contribution >= 4 is 33.5 Å². The maximum atomic E-state index is 13.2. The fourth-order valence-electron chi connectivity index (χ4n) is 1.83. The van der Waals surface area contributed by atoms with Crippen molar-refractivity contribution in [3.8, 4) is 0 Å². The van der Waals surface area contributed by atoms with Gasteiger partial charge in [0.15, 0.2) is 11.6 Å². The van der Waals surface area contributed by atoms with Crippen molar-refractivity contribution in [2.45, 2.75) is 11.2 Å². The van der Waals surface area contributed by atoms with Gasteiger partial charge in [-0.15, -0.1) is 0 Å². The molecule has 7 heteroatoms. The zero-order chi connectivity index (χ0) is 13.4. The predicted octanol–water partition coefficient (Wildman–Crippen LogP) is 2.16. The lowest BCUT2D eigenvalue weighted by atomic mass is 10.1. The lowest BCUT2D eigenvalue weighted by Gasteiger charge is -2.18. The van der Waals surface area contributed by atoms with Crippen LogP contribution in [0.25, 0.3) is 0 Å². The van der Waals surface area contributed by atoms with Gasteiger partial charge in [0.2, 0.25) is 5.91 Å². The van der Waals surface area contributed by atoms with Crippen molar-refractivity contribution in [2.24, 2.45) is 0 Å². The molecule has 1 saturated heterocycles. The SMILES string of the molecule is O=C(O)c1cc(F)c(F)cc1N1CC(Br)CC1=O. The molecule has 1 aromatic rings. The Morgan fingerprint density at radius 3 is 2.50 bits per heavy atom. The molecule has 1 aliphatic heterocycles. The van der Waals surface area contributed by atoms with Crippen LogP contribution in [-0.2, 0) is 4.79 Å². The smallest absolute Gasteiger partial charge is 0.337 e. The standard InChI is InChI=1S/C11H8BrF2NO3/c12-5-1-10(16)15(4-5)9-3-8(14)7(13)2-6(9)11(17)18/h2-3,5H,1,4H2,(H,17,18). The van der Waals surface area contributed by atoms with Gasteiger partial charge in [-0.1, -0.05) is 15.9 Å². The average Bonchev–Trinajstić information content (AvgIpc) is 2.61. The van der Waals surface area contributed by atoms with Crippen LogP contribution in [0.4, 0.5) is 14.5 Å². The molecule has 1 unspecified atom stereocenters. The highest BCUT2D eigenvalue weighted by Gasteiger charge is 2.32. The Bertz CT molecular complexity index is 535. The van der Waals surface area contributed by atoms with E-state index < -0.39 is 23.2 Å². The van der Waals surface area contributed by atoms with Gasteiger partial charge in [0.05, 0.1) is 11.3 Å². The van der Waals surface area contributed by atoms with Crippen LogP contribution in [0.5, 0.6) is 0 Å². The molecule has 1 atom stereocenters. The first kappa shape index (κ1) is 12.9. The Balaban J connectivity index is 2.52. The monoisotopic (exact) mass is 319 g/mol. The number of rotatable bonds is 2. The number of carbonyl (C=O) groups is 2. The molecule has 1 amide bonds. The minimum Gasteiger partial charge on any atom is -0.478 e. The van der Waals surface area contributed by atoms with Crippen LogP contribution < -0.4 is 4.90 Å². The summed E-state index contributed by atoms with van der Waals surface area (Å²) in [6, 6.07) is 1.32. The number of halogens is 3. The van der Waals surface area contributed by atoms with Crippen molar-refractivity contribution in [3.05, 3.63) is 29.3 Å². The van der Waals surface area contributed by atoms with Gasteiger partial charge in [0.25, 0.3) is 0 Å². The third kappa shape index (κ3) is 2.22. The quantitative estimate of drug-likeness (QED) is 0.850. The van der Waals surface area contributed by atoms with Gasteiger partial charge >= 0.3 is 5.97 Å². The molecule has 2 rings (SSSR count). The van der Waals surface area contributed by atoms with Crippen molar-refractivity contribution in [1.82, 2.24) is 0 Å². The summed E-state index contributed by atoms with van der Waals surface area (Å²) in [5.74, 6) is -4.17. The molecule has 1 aromatic carbocycles. The first-order chi connectivity index (χ1) is 8.40. The van der Waals surface area contributed by atoms with Crippen LogP contribution in [0.3, 0.4) is 0 Å². The van der Waals surface area contributed by atoms with Gasteiger partial charge in [-0.05, 0) is 6.07 Å². The number of hydrogen-bond donors (Lipinski definition) is 1. The fraction of sp³-hybridized carbons (Fsp3) is 0.273. The second-order valence-electron chi connectivity index (χ2n) is 3.89. The van der Waals surface area contributed by atoms with E-state index in [4.69, 9.17) is 5.11 Å². The zero-order valence-corrected chi connectivity index (χ0v) is 10.6. The van der Waals surface area contributed by atoms with Gasteiger partial charge in [-0.2, -0.15) is 0 Å². The van der Waals surface area contributed by atoms with Crippen LogP contribution in [-0.4, -0.2) is 28.4 Å². The molecule has 1 N–H and O–H groups in total. The Labute approximate surface area is 109 Å². The first-order valence-corrected chi connectivity index (χ1v) is 5.98. The maximum absolute atomic E-state index is 13.2. The highest BCUT2D eigenvalue weighted by molar-refractivity contribution is 9.09. The number of carboxylic acids is 1. The predicted molar refractivity (Wildman–Crippen MR) is 63.0 cm³/mol. The number of anilines is 1. The van der Waals surface area contributed by atoms with Crippen LogP contribution in [0.2, 0.25) is 0 Å². The van der Waals surface area contributed by atoms with Crippen LogP contribution in [0.15, 0.2) is 12.1 Å². The summed E-state index contributed by atoms with van der Waals surface area (Å²) in [5.41, 5.74) is -0.544. The van der Waals surface area contributed by atoms with Crippen molar-refractivity contribution < 1.29 is 23.5 Å². The number of hydrogen-bond acceptors (Lipinski definition) is 2. The molecular formula is C11H8BrF2NO3. The molecule has 18 heavy (non-hydrogen) atoms. The summed E-state index contributed by atoms with van der Waals surface area (Å²) in [6.45, 7) is 0.226.